The number of nitrogens with zero attached hydrogens (tertiary/aromatic N) is 2. The van der Waals surface area contributed by atoms with Gasteiger partial charge in [-0.3, -0.25) is 0 Å². The Hall–Kier alpha value is -0.160. The quantitative estimate of drug-likeness (QED) is 0.678. The lowest BCUT2D eigenvalue weighted by atomic mass is 10.0. The summed E-state index contributed by atoms with van der Waals surface area (Å²) in [5.74, 6) is 0. The molecule has 0 saturated carbocycles. The molecular formula is C13H29N3O. The molecule has 0 bridgehead atoms. The highest BCUT2D eigenvalue weighted by molar-refractivity contribution is 4.80. The maximum atomic E-state index is 9.06. The van der Waals surface area contributed by atoms with E-state index in [0.29, 0.717) is 12.1 Å². The minimum Gasteiger partial charge on any atom is -0.396 e. The molecular weight excluding hydrogens is 214 g/mol. The van der Waals surface area contributed by atoms with Crippen molar-refractivity contribution < 1.29 is 5.11 Å². The molecule has 0 aliphatic carbocycles. The number of rotatable bonds is 7. The average molecular weight is 243 g/mol. The molecule has 1 aliphatic heterocycles. The van der Waals surface area contributed by atoms with E-state index in [4.69, 9.17) is 5.11 Å². The van der Waals surface area contributed by atoms with Crippen LogP contribution >= 0.6 is 0 Å². The van der Waals surface area contributed by atoms with Crippen molar-refractivity contribution in [3.63, 3.8) is 0 Å². The highest BCUT2D eigenvalue weighted by atomic mass is 16.3. The van der Waals surface area contributed by atoms with Gasteiger partial charge in [0.05, 0.1) is 0 Å². The first kappa shape index (κ1) is 14.9. The van der Waals surface area contributed by atoms with Gasteiger partial charge in [0, 0.05) is 25.2 Å². The van der Waals surface area contributed by atoms with Gasteiger partial charge in [-0.2, -0.15) is 0 Å². The lowest BCUT2D eigenvalue weighted by molar-refractivity contribution is 0.129. The van der Waals surface area contributed by atoms with Crippen LogP contribution in [-0.4, -0.2) is 73.9 Å². The Balaban J connectivity index is 2.32. The van der Waals surface area contributed by atoms with E-state index in [2.05, 4.69) is 36.1 Å². The summed E-state index contributed by atoms with van der Waals surface area (Å²) >= 11 is 0. The zero-order chi connectivity index (χ0) is 12.7. The third kappa shape index (κ3) is 5.34. The summed E-state index contributed by atoms with van der Waals surface area (Å²) < 4.78 is 0. The number of hydrogen-bond acceptors (Lipinski definition) is 4. The molecule has 1 unspecified atom stereocenters. The summed E-state index contributed by atoms with van der Waals surface area (Å²) in [6.07, 6.45) is 3.39. The fraction of sp³-hybridized carbons (Fsp3) is 1.00. The zero-order valence-corrected chi connectivity index (χ0v) is 11.7. The van der Waals surface area contributed by atoms with Gasteiger partial charge in [-0.25, -0.2) is 0 Å². The Kier molecular flexibility index (Phi) is 7.04. The van der Waals surface area contributed by atoms with Crippen molar-refractivity contribution in [3.8, 4) is 0 Å². The number of piperidine rings is 1. The van der Waals surface area contributed by atoms with Gasteiger partial charge in [-0.05, 0) is 53.0 Å². The van der Waals surface area contributed by atoms with E-state index in [1.807, 2.05) is 0 Å². The van der Waals surface area contributed by atoms with Crippen LogP contribution in [0.5, 0.6) is 0 Å². The van der Waals surface area contributed by atoms with Gasteiger partial charge in [0.15, 0.2) is 0 Å². The topological polar surface area (TPSA) is 38.7 Å². The van der Waals surface area contributed by atoms with E-state index in [-0.39, 0.29) is 6.61 Å². The van der Waals surface area contributed by atoms with Gasteiger partial charge >= 0.3 is 0 Å². The first-order chi connectivity index (χ1) is 8.17. The van der Waals surface area contributed by atoms with Crippen molar-refractivity contribution in [2.75, 3.05) is 46.9 Å². The first-order valence-electron chi connectivity index (χ1n) is 6.90. The van der Waals surface area contributed by atoms with Gasteiger partial charge in [-0.1, -0.05) is 6.92 Å². The normalized spacial score (nSPS) is 21.0. The predicted molar refractivity (Wildman–Crippen MR) is 72.3 cm³/mol. The van der Waals surface area contributed by atoms with Crippen LogP contribution in [0.15, 0.2) is 0 Å². The van der Waals surface area contributed by atoms with Crippen LogP contribution < -0.4 is 5.32 Å². The molecule has 4 nitrogen and oxygen atoms in total. The summed E-state index contributed by atoms with van der Waals surface area (Å²) in [6, 6.07) is 1.14. The standard InChI is InChI=1S/C13H29N3O/c1-4-14-12(7-10-17)11-16(3)13-5-8-15(2)9-6-13/h12-14,17H,4-11H2,1-3H3. The van der Waals surface area contributed by atoms with Gasteiger partial charge < -0.3 is 20.2 Å². The number of likely N-dealkylation sites (tertiary alicyclic amines) is 1. The van der Waals surface area contributed by atoms with Crippen molar-refractivity contribution in [2.45, 2.75) is 38.3 Å². The molecule has 0 radical (unpaired) electrons. The highest BCUT2D eigenvalue weighted by Gasteiger charge is 2.22. The number of aliphatic hydroxyl groups is 1. The average Bonchev–Trinajstić information content (AvgIpc) is 2.30. The van der Waals surface area contributed by atoms with Crippen LogP contribution in [0.2, 0.25) is 0 Å². The van der Waals surface area contributed by atoms with Crippen molar-refractivity contribution in [3.05, 3.63) is 0 Å². The minimum absolute atomic E-state index is 0.277. The maximum absolute atomic E-state index is 9.06. The SMILES string of the molecule is CCNC(CCO)CN(C)C1CCN(C)CC1. The summed E-state index contributed by atoms with van der Waals surface area (Å²) in [4.78, 5) is 4.87. The lowest BCUT2D eigenvalue weighted by Gasteiger charge is -2.36. The molecule has 17 heavy (non-hydrogen) atoms. The Morgan fingerprint density at radius 2 is 2.06 bits per heavy atom. The Labute approximate surface area is 106 Å². The maximum Gasteiger partial charge on any atom is 0.0446 e. The van der Waals surface area contributed by atoms with Crippen molar-refractivity contribution in [1.29, 1.82) is 0 Å². The number of nitrogens with one attached hydrogen (secondary N) is 1. The van der Waals surface area contributed by atoms with Crippen LogP contribution in [-0.2, 0) is 0 Å². The molecule has 0 amide bonds. The monoisotopic (exact) mass is 243 g/mol. The summed E-state index contributed by atoms with van der Waals surface area (Å²) in [7, 11) is 4.42. The molecule has 0 spiro atoms. The second-order valence-electron chi connectivity index (χ2n) is 5.24. The third-order valence-corrected chi connectivity index (χ3v) is 3.79. The molecule has 1 saturated heterocycles. The van der Waals surface area contributed by atoms with Gasteiger partial charge in [0.2, 0.25) is 0 Å². The predicted octanol–water partition coefficient (Wildman–Crippen LogP) is 0.373. The van der Waals surface area contributed by atoms with Gasteiger partial charge in [0.25, 0.3) is 0 Å². The minimum atomic E-state index is 0.277. The van der Waals surface area contributed by atoms with Crippen LogP contribution in [0.3, 0.4) is 0 Å². The third-order valence-electron chi connectivity index (χ3n) is 3.79. The largest absolute Gasteiger partial charge is 0.396 e. The van der Waals surface area contributed by atoms with E-state index in [9.17, 15) is 0 Å². The molecule has 0 aromatic carbocycles. The van der Waals surface area contributed by atoms with E-state index in [1.165, 1.54) is 25.9 Å². The molecule has 1 rings (SSSR count). The van der Waals surface area contributed by atoms with Crippen LogP contribution in [0, 0.1) is 0 Å². The summed E-state index contributed by atoms with van der Waals surface area (Å²) in [6.45, 7) is 6.84. The van der Waals surface area contributed by atoms with E-state index in [0.717, 1.165) is 19.5 Å². The van der Waals surface area contributed by atoms with Gasteiger partial charge in [0.1, 0.15) is 0 Å². The van der Waals surface area contributed by atoms with Crippen LogP contribution in [0.25, 0.3) is 0 Å². The second kappa shape index (κ2) is 8.03. The molecule has 1 fully saturated rings. The Morgan fingerprint density at radius 1 is 1.41 bits per heavy atom. The summed E-state index contributed by atoms with van der Waals surface area (Å²) in [5.41, 5.74) is 0. The van der Waals surface area contributed by atoms with Gasteiger partial charge in [-0.15, -0.1) is 0 Å². The molecule has 1 atom stereocenters. The first-order valence-corrected chi connectivity index (χ1v) is 6.90. The second-order valence-corrected chi connectivity index (χ2v) is 5.24. The number of aliphatic hydroxyl groups excluding tert-OH is 1. The van der Waals surface area contributed by atoms with Crippen LogP contribution in [0.1, 0.15) is 26.2 Å². The molecule has 0 aromatic heterocycles. The molecule has 4 heteroatoms. The van der Waals surface area contributed by atoms with Crippen molar-refractivity contribution in [1.82, 2.24) is 15.1 Å². The molecule has 2 N–H and O–H groups in total. The fourth-order valence-electron chi connectivity index (χ4n) is 2.63. The molecule has 1 aliphatic rings. The molecule has 0 aromatic rings. The highest BCUT2D eigenvalue weighted by Crippen LogP contribution is 2.14. The summed E-state index contributed by atoms with van der Waals surface area (Å²) in [5, 5.41) is 12.5. The Morgan fingerprint density at radius 3 is 2.59 bits per heavy atom. The van der Waals surface area contributed by atoms with E-state index < -0.39 is 0 Å². The smallest absolute Gasteiger partial charge is 0.0446 e. The lowest BCUT2D eigenvalue weighted by Crippen LogP contribution is -2.47. The zero-order valence-electron chi connectivity index (χ0n) is 11.7. The van der Waals surface area contributed by atoms with E-state index in [1.54, 1.807) is 0 Å². The molecule has 102 valence electrons. The van der Waals surface area contributed by atoms with E-state index >= 15 is 0 Å². The number of hydrogen-bond donors (Lipinski definition) is 2. The fourth-order valence-corrected chi connectivity index (χ4v) is 2.63. The molecule has 1 heterocycles. The van der Waals surface area contributed by atoms with Crippen molar-refractivity contribution >= 4 is 0 Å². The van der Waals surface area contributed by atoms with Crippen molar-refractivity contribution in [2.24, 2.45) is 0 Å². The van der Waals surface area contributed by atoms with Crippen LogP contribution in [0.4, 0.5) is 0 Å². The number of likely N-dealkylation sites (N-methyl/N-ethyl adjacent to an activating group) is 2. The Bertz CT molecular complexity index is 187.